The minimum atomic E-state index is -0.718. The predicted octanol–water partition coefficient (Wildman–Crippen LogP) is 3.06. The molecule has 110 valence electrons. The van der Waals surface area contributed by atoms with Gasteiger partial charge in [0.1, 0.15) is 5.56 Å². The van der Waals surface area contributed by atoms with Crippen LogP contribution in [0.4, 0.5) is 4.39 Å². The Hall–Kier alpha value is -1.88. The number of aromatic nitrogens is 1. The van der Waals surface area contributed by atoms with Crippen molar-refractivity contribution >= 4 is 23.1 Å². The monoisotopic (exact) mass is 309 g/mol. The van der Waals surface area contributed by atoms with Crippen molar-refractivity contribution in [3.63, 3.8) is 0 Å². The van der Waals surface area contributed by atoms with Crippen molar-refractivity contribution in [2.24, 2.45) is 0 Å². The minimum Gasteiger partial charge on any atom is -0.465 e. The summed E-state index contributed by atoms with van der Waals surface area (Å²) in [7, 11) is 1.21. The van der Waals surface area contributed by atoms with Crippen molar-refractivity contribution in [1.29, 1.82) is 0 Å². The highest BCUT2D eigenvalue weighted by molar-refractivity contribution is 6.32. The number of rotatable bonds is 2. The molecule has 3 rings (SSSR count). The zero-order chi connectivity index (χ0) is 15.3. The lowest BCUT2D eigenvalue weighted by Gasteiger charge is -2.13. The maximum Gasteiger partial charge on any atom is 0.343 e. The molecule has 2 aromatic rings. The van der Waals surface area contributed by atoms with Crippen molar-refractivity contribution in [3.05, 3.63) is 50.1 Å². The molecule has 6 heteroatoms. The Kier molecular flexibility index (Phi) is 3.24. The normalized spacial score (nSPS) is 14.5. The fraction of sp³-hybridized carbons (Fsp3) is 0.333. The van der Waals surface area contributed by atoms with Crippen LogP contribution in [0.25, 0.3) is 5.52 Å². The van der Waals surface area contributed by atoms with E-state index in [1.165, 1.54) is 7.11 Å². The molecule has 1 aliphatic rings. The van der Waals surface area contributed by atoms with Gasteiger partial charge in [0.25, 0.3) is 5.56 Å². The summed E-state index contributed by atoms with van der Waals surface area (Å²) in [4.78, 5) is 24.1. The molecule has 1 fully saturated rings. The number of ether oxygens (including phenoxy) is 1. The second-order valence-corrected chi connectivity index (χ2v) is 5.60. The van der Waals surface area contributed by atoms with Crippen LogP contribution < -0.4 is 5.56 Å². The van der Waals surface area contributed by atoms with Crippen LogP contribution in [-0.2, 0) is 4.74 Å². The molecular formula is C15H13ClFNO3. The van der Waals surface area contributed by atoms with E-state index in [1.54, 1.807) is 13.0 Å². The summed E-state index contributed by atoms with van der Waals surface area (Å²) in [6.45, 7) is 1.67. The molecule has 0 aromatic carbocycles. The lowest BCUT2D eigenvalue weighted by Crippen LogP contribution is -2.24. The maximum atomic E-state index is 13.8. The first-order valence-corrected chi connectivity index (χ1v) is 6.95. The van der Waals surface area contributed by atoms with E-state index in [2.05, 4.69) is 4.74 Å². The third-order valence-electron chi connectivity index (χ3n) is 3.82. The Morgan fingerprint density at radius 2 is 2.14 bits per heavy atom. The van der Waals surface area contributed by atoms with Gasteiger partial charge in [0.05, 0.1) is 17.6 Å². The van der Waals surface area contributed by atoms with Gasteiger partial charge in [0.15, 0.2) is 5.82 Å². The van der Waals surface area contributed by atoms with Crippen LogP contribution in [0.2, 0.25) is 5.02 Å². The van der Waals surface area contributed by atoms with Crippen LogP contribution in [-0.4, -0.2) is 17.5 Å². The highest BCUT2D eigenvalue weighted by Gasteiger charge is 2.30. The molecule has 1 aliphatic carbocycles. The number of carbonyl (C=O) groups excluding carboxylic acids is 1. The molecule has 0 radical (unpaired) electrons. The van der Waals surface area contributed by atoms with Gasteiger partial charge in [0, 0.05) is 6.20 Å². The third kappa shape index (κ3) is 2.12. The summed E-state index contributed by atoms with van der Waals surface area (Å²) in [6.07, 6.45) is 2.98. The first-order chi connectivity index (χ1) is 9.95. The number of pyridine rings is 2. The van der Waals surface area contributed by atoms with E-state index in [1.807, 2.05) is 0 Å². The van der Waals surface area contributed by atoms with E-state index in [0.717, 1.165) is 29.0 Å². The van der Waals surface area contributed by atoms with Crippen LogP contribution in [0.5, 0.6) is 0 Å². The molecule has 0 N–H and O–H groups in total. The van der Waals surface area contributed by atoms with Crippen LogP contribution in [0.1, 0.15) is 40.2 Å². The first kappa shape index (κ1) is 14.1. The number of carbonyl (C=O) groups is 1. The molecule has 2 heterocycles. The largest absolute Gasteiger partial charge is 0.465 e. The molecule has 0 spiro atoms. The van der Waals surface area contributed by atoms with Gasteiger partial charge in [-0.25, -0.2) is 9.18 Å². The molecule has 0 unspecified atom stereocenters. The highest BCUT2D eigenvalue weighted by atomic mass is 35.5. The number of hydrogen-bond donors (Lipinski definition) is 0. The third-order valence-corrected chi connectivity index (χ3v) is 4.29. The molecule has 0 bridgehead atoms. The summed E-state index contributed by atoms with van der Waals surface area (Å²) in [6, 6.07) is 1.56. The van der Waals surface area contributed by atoms with E-state index in [4.69, 9.17) is 11.6 Å². The average Bonchev–Trinajstić information content (AvgIpc) is 3.29. The summed E-state index contributed by atoms with van der Waals surface area (Å²) in [5.74, 6) is -1.14. The van der Waals surface area contributed by atoms with Crippen LogP contribution in [0.15, 0.2) is 17.1 Å². The standard InChI is InChI=1S/C15H13ClFNO3/c1-7-12(16)11(17)6-18-13(7)9(8-3-4-8)5-10(14(18)19)15(20)21-2/h5-6,8H,3-4H2,1-2H3. The molecule has 1 saturated carbocycles. The lowest BCUT2D eigenvalue weighted by atomic mass is 10.0. The topological polar surface area (TPSA) is 47.8 Å². The lowest BCUT2D eigenvalue weighted by molar-refractivity contribution is 0.0598. The van der Waals surface area contributed by atoms with Crippen LogP contribution in [0, 0.1) is 12.7 Å². The average molecular weight is 310 g/mol. The minimum absolute atomic E-state index is 0.00196. The smallest absolute Gasteiger partial charge is 0.343 e. The molecule has 0 amide bonds. The van der Waals surface area contributed by atoms with Gasteiger partial charge in [-0.05, 0) is 42.9 Å². The Morgan fingerprint density at radius 3 is 2.71 bits per heavy atom. The maximum absolute atomic E-state index is 13.8. The van der Waals surface area contributed by atoms with E-state index in [9.17, 15) is 14.0 Å². The quantitative estimate of drug-likeness (QED) is 0.801. The molecule has 0 atom stereocenters. The number of esters is 1. The predicted molar refractivity (Wildman–Crippen MR) is 76.7 cm³/mol. The van der Waals surface area contributed by atoms with Gasteiger partial charge in [0.2, 0.25) is 0 Å². The van der Waals surface area contributed by atoms with Crippen molar-refractivity contribution in [2.45, 2.75) is 25.7 Å². The van der Waals surface area contributed by atoms with Crippen molar-refractivity contribution < 1.29 is 13.9 Å². The van der Waals surface area contributed by atoms with Gasteiger partial charge in [-0.15, -0.1) is 0 Å². The zero-order valence-electron chi connectivity index (χ0n) is 11.6. The van der Waals surface area contributed by atoms with Crippen LogP contribution in [0.3, 0.4) is 0 Å². The number of halogens is 2. The number of nitrogens with zero attached hydrogens (tertiary/aromatic N) is 1. The summed E-state index contributed by atoms with van der Waals surface area (Å²) >= 11 is 5.95. The Labute approximate surface area is 125 Å². The fourth-order valence-corrected chi connectivity index (χ4v) is 2.73. The van der Waals surface area contributed by atoms with Gasteiger partial charge in [-0.3, -0.25) is 9.20 Å². The number of fused-ring (bicyclic) bond motifs is 1. The molecular weight excluding hydrogens is 297 g/mol. The van der Waals surface area contributed by atoms with E-state index in [0.29, 0.717) is 11.1 Å². The molecule has 0 saturated heterocycles. The molecule has 2 aromatic heterocycles. The zero-order valence-corrected chi connectivity index (χ0v) is 12.3. The van der Waals surface area contributed by atoms with Crippen molar-refractivity contribution in [2.75, 3.05) is 7.11 Å². The Balaban J connectivity index is 2.47. The Bertz CT molecular complexity index is 824. The van der Waals surface area contributed by atoms with Gasteiger partial charge in [-0.2, -0.15) is 0 Å². The SMILES string of the molecule is COC(=O)c1cc(C2CC2)c2c(C)c(Cl)c(F)cn2c1=O. The highest BCUT2D eigenvalue weighted by Crippen LogP contribution is 2.43. The van der Waals surface area contributed by atoms with Crippen molar-refractivity contribution in [3.8, 4) is 0 Å². The van der Waals surface area contributed by atoms with Gasteiger partial charge >= 0.3 is 5.97 Å². The number of methoxy groups -OCH3 is 1. The van der Waals surface area contributed by atoms with Gasteiger partial charge in [-0.1, -0.05) is 11.6 Å². The summed E-state index contributed by atoms with van der Waals surface area (Å²) in [5.41, 5.74) is 1.25. The Morgan fingerprint density at radius 1 is 1.48 bits per heavy atom. The molecule has 0 aliphatic heterocycles. The van der Waals surface area contributed by atoms with E-state index < -0.39 is 17.3 Å². The summed E-state index contributed by atoms with van der Waals surface area (Å²) in [5, 5.41) is 0.00196. The number of hydrogen-bond acceptors (Lipinski definition) is 3. The second-order valence-electron chi connectivity index (χ2n) is 5.22. The van der Waals surface area contributed by atoms with E-state index in [-0.39, 0.29) is 16.5 Å². The fourth-order valence-electron chi connectivity index (χ4n) is 2.59. The van der Waals surface area contributed by atoms with Crippen LogP contribution >= 0.6 is 11.6 Å². The second kappa shape index (κ2) is 4.84. The van der Waals surface area contributed by atoms with Gasteiger partial charge < -0.3 is 4.74 Å². The van der Waals surface area contributed by atoms with Crippen molar-refractivity contribution in [1.82, 2.24) is 4.40 Å². The summed E-state index contributed by atoms with van der Waals surface area (Å²) < 4.78 is 19.6. The van der Waals surface area contributed by atoms with E-state index >= 15 is 0 Å². The molecule has 21 heavy (non-hydrogen) atoms. The first-order valence-electron chi connectivity index (χ1n) is 6.58. The molecule has 4 nitrogen and oxygen atoms in total. The number of aryl methyl sites for hydroxylation is 1.